The Hall–Kier alpha value is -1.87. The van der Waals surface area contributed by atoms with Gasteiger partial charge in [0.1, 0.15) is 0 Å². The van der Waals surface area contributed by atoms with Crippen LogP contribution in [0.1, 0.15) is 49.4 Å². The van der Waals surface area contributed by atoms with Crippen molar-refractivity contribution in [3.05, 3.63) is 57.4 Å². The molecule has 1 aliphatic rings. The Balaban J connectivity index is 2.03. The van der Waals surface area contributed by atoms with Crippen LogP contribution in [-0.4, -0.2) is 10.6 Å². The summed E-state index contributed by atoms with van der Waals surface area (Å²) in [4.78, 5) is 12.9. The molecule has 1 aromatic heterocycles. The first-order valence-corrected chi connectivity index (χ1v) is 8.53. The van der Waals surface area contributed by atoms with E-state index in [-0.39, 0.29) is 11.6 Å². The van der Waals surface area contributed by atoms with E-state index >= 15 is 0 Å². The number of aryl methyl sites for hydroxylation is 2. The van der Waals surface area contributed by atoms with Crippen LogP contribution in [0.3, 0.4) is 0 Å². The Kier molecular flexibility index (Phi) is 4.40. The van der Waals surface area contributed by atoms with Crippen LogP contribution in [0.25, 0.3) is 11.3 Å². The Morgan fingerprint density at radius 1 is 1.13 bits per heavy atom. The fourth-order valence-electron chi connectivity index (χ4n) is 2.92. The average molecular weight is 310 g/mol. The number of pyridine rings is 1. The minimum atomic E-state index is 0.129. The van der Waals surface area contributed by atoms with Crippen LogP contribution in [0, 0.1) is 13.8 Å². The molecule has 3 nitrogen and oxygen atoms in total. The number of hydrogen-bond acceptors (Lipinski definition) is 2. The van der Waals surface area contributed by atoms with Gasteiger partial charge in [-0.15, -0.1) is 0 Å². The molecule has 0 unspecified atom stereocenters. The van der Waals surface area contributed by atoms with Crippen LogP contribution in [0.15, 0.2) is 35.1 Å². The summed E-state index contributed by atoms with van der Waals surface area (Å²) in [6.45, 7) is 9.05. The summed E-state index contributed by atoms with van der Waals surface area (Å²) in [5, 5.41) is 3.44. The summed E-state index contributed by atoms with van der Waals surface area (Å²) >= 11 is 0. The minimum absolute atomic E-state index is 0.129. The molecule has 1 fully saturated rings. The normalized spacial score (nSPS) is 14.5. The fraction of sp³-hybridized carbons (Fsp3) is 0.450. The maximum atomic E-state index is 12.9. The smallest absolute Gasteiger partial charge is 0.255 e. The van der Waals surface area contributed by atoms with E-state index < -0.39 is 0 Å². The van der Waals surface area contributed by atoms with E-state index in [1.54, 1.807) is 0 Å². The predicted octanol–water partition coefficient (Wildman–Crippen LogP) is 3.97. The second kappa shape index (κ2) is 6.32. The molecule has 1 saturated carbocycles. The van der Waals surface area contributed by atoms with Crippen molar-refractivity contribution < 1.29 is 0 Å². The molecule has 0 amide bonds. The lowest BCUT2D eigenvalue weighted by atomic mass is 10.0. The first-order valence-electron chi connectivity index (χ1n) is 8.53. The summed E-state index contributed by atoms with van der Waals surface area (Å²) in [5.74, 6) is 0. The predicted molar refractivity (Wildman–Crippen MR) is 95.9 cm³/mol. The molecule has 23 heavy (non-hydrogen) atoms. The van der Waals surface area contributed by atoms with Crippen molar-refractivity contribution in [2.24, 2.45) is 0 Å². The molecule has 0 atom stereocenters. The van der Waals surface area contributed by atoms with Crippen LogP contribution in [0.4, 0.5) is 0 Å². The third kappa shape index (κ3) is 3.40. The van der Waals surface area contributed by atoms with Crippen LogP contribution in [0.2, 0.25) is 0 Å². The molecule has 0 spiro atoms. The molecule has 1 aromatic carbocycles. The summed E-state index contributed by atoms with van der Waals surface area (Å²) in [6.07, 6.45) is 2.47. The van der Waals surface area contributed by atoms with E-state index in [1.807, 2.05) is 10.6 Å². The van der Waals surface area contributed by atoms with Crippen molar-refractivity contribution >= 4 is 0 Å². The Bertz CT molecular complexity index is 770. The number of hydrogen-bond donors (Lipinski definition) is 1. The van der Waals surface area contributed by atoms with Crippen molar-refractivity contribution in [3.63, 3.8) is 0 Å². The Morgan fingerprint density at radius 2 is 1.87 bits per heavy atom. The van der Waals surface area contributed by atoms with Gasteiger partial charge in [-0.2, -0.15) is 0 Å². The van der Waals surface area contributed by atoms with Crippen molar-refractivity contribution in [2.45, 2.75) is 59.2 Å². The maximum absolute atomic E-state index is 12.9. The first kappa shape index (κ1) is 16.0. The lowest BCUT2D eigenvalue weighted by molar-refractivity contribution is 0.573. The number of rotatable bonds is 5. The average Bonchev–Trinajstić information content (AvgIpc) is 3.32. The van der Waals surface area contributed by atoms with Crippen LogP contribution >= 0.6 is 0 Å². The highest BCUT2D eigenvalue weighted by molar-refractivity contribution is 5.62. The first-order chi connectivity index (χ1) is 11.0. The molecule has 1 N–H and O–H groups in total. The van der Waals surface area contributed by atoms with Gasteiger partial charge in [-0.1, -0.05) is 18.2 Å². The highest BCUT2D eigenvalue weighted by atomic mass is 16.1. The quantitative estimate of drug-likeness (QED) is 0.907. The third-order valence-electron chi connectivity index (χ3n) is 4.67. The SMILES string of the molecule is Cc1ccc(-c2ccc(CNC3CC3)c(=O)n2C(C)C)cc1C. The largest absolute Gasteiger partial charge is 0.310 e. The molecule has 1 aliphatic carbocycles. The summed E-state index contributed by atoms with van der Waals surface area (Å²) in [5.41, 5.74) is 5.63. The van der Waals surface area contributed by atoms with Gasteiger partial charge in [0.15, 0.2) is 0 Å². The van der Waals surface area contributed by atoms with Gasteiger partial charge >= 0.3 is 0 Å². The second-order valence-corrected chi connectivity index (χ2v) is 6.97. The molecule has 1 heterocycles. The van der Waals surface area contributed by atoms with E-state index in [0.29, 0.717) is 12.6 Å². The Morgan fingerprint density at radius 3 is 2.48 bits per heavy atom. The number of nitrogens with one attached hydrogen (secondary N) is 1. The van der Waals surface area contributed by atoms with Crippen molar-refractivity contribution in [2.75, 3.05) is 0 Å². The highest BCUT2D eigenvalue weighted by Gasteiger charge is 2.21. The van der Waals surface area contributed by atoms with Crippen LogP contribution < -0.4 is 10.9 Å². The summed E-state index contributed by atoms with van der Waals surface area (Å²) in [6, 6.07) is 11.2. The monoisotopic (exact) mass is 310 g/mol. The summed E-state index contributed by atoms with van der Waals surface area (Å²) < 4.78 is 1.92. The van der Waals surface area contributed by atoms with E-state index in [1.165, 1.54) is 24.0 Å². The molecule has 0 bridgehead atoms. The number of aromatic nitrogens is 1. The van der Waals surface area contributed by atoms with Crippen LogP contribution in [-0.2, 0) is 6.54 Å². The fourth-order valence-corrected chi connectivity index (χ4v) is 2.92. The molecule has 0 aliphatic heterocycles. The zero-order chi connectivity index (χ0) is 16.6. The van der Waals surface area contributed by atoms with Gasteiger partial charge in [0.05, 0.1) is 5.69 Å². The molecule has 122 valence electrons. The summed E-state index contributed by atoms with van der Waals surface area (Å²) in [7, 11) is 0. The van der Waals surface area contributed by atoms with Crippen molar-refractivity contribution in [3.8, 4) is 11.3 Å². The third-order valence-corrected chi connectivity index (χ3v) is 4.67. The van der Waals surface area contributed by atoms with Gasteiger partial charge in [0.25, 0.3) is 5.56 Å². The van der Waals surface area contributed by atoms with Gasteiger partial charge in [0, 0.05) is 24.2 Å². The molecule has 2 aromatic rings. The molecule has 0 saturated heterocycles. The van der Waals surface area contributed by atoms with Gasteiger partial charge in [-0.05, 0) is 69.4 Å². The van der Waals surface area contributed by atoms with E-state index in [9.17, 15) is 4.79 Å². The van der Waals surface area contributed by atoms with E-state index in [4.69, 9.17) is 0 Å². The zero-order valence-corrected chi connectivity index (χ0v) is 14.5. The van der Waals surface area contributed by atoms with Crippen LogP contribution in [0.5, 0.6) is 0 Å². The van der Waals surface area contributed by atoms with Gasteiger partial charge in [-0.25, -0.2) is 0 Å². The van der Waals surface area contributed by atoms with Gasteiger partial charge < -0.3 is 9.88 Å². The van der Waals surface area contributed by atoms with Crippen molar-refractivity contribution in [1.82, 2.24) is 9.88 Å². The topological polar surface area (TPSA) is 34.0 Å². The minimum Gasteiger partial charge on any atom is -0.310 e. The standard InChI is InChI=1S/C20H26N2O/c1-13(2)22-19(16-6-5-14(3)15(4)11-16)10-7-17(20(22)23)12-21-18-8-9-18/h5-7,10-11,13,18,21H,8-9,12H2,1-4H3. The number of nitrogens with zero attached hydrogens (tertiary/aromatic N) is 1. The molecular formula is C20H26N2O. The van der Waals surface area contributed by atoms with Gasteiger partial charge in [-0.3, -0.25) is 4.79 Å². The van der Waals surface area contributed by atoms with Gasteiger partial charge in [0.2, 0.25) is 0 Å². The zero-order valence-electron chi connectivity index (χ0n) is 14.5. The lowest BCUT2D eigenvalue weighted by Gasteiger charge is -2.19. The van der Waals surface area contributed by atoms with Crippen molar-refractivity contribution in [1.29, 1.82) is 0 Å². The molecule has 3 heteroatoms. The maximum Gasteiger partial charge on any atom is 0.255 e. The number of benzene rings is 1. The van der Waals surface area contributed by atoms with E-state index in [0.717, 1.165) is 16.8 Å². The molecule has 3 rings (SSSR count). The second-order valence-electron chi connectivity index (χ2n) is 6.97. The highest BCUT2D eigenvalue weighted by Crippen LogP contribution is 2.24. The molecule has 0 radical (unpaired) electrons. The Labute approximate surface area is 138 Å². The molecular weight excluding hydrogens is 284 g/mol. The lowest BCUT2D eigenvalue weighted by Crippen LogP contribution is -2.30. The van der Waals surface area contributed by atoms with E-state index in [2.05, 4.69) is 57.3 Å².